The lowest BCUT2D eigenvalue weighted by Gasteiger charge is -2.39. The SMILES string of the molecule is Nc1ccc(OC2=CC(Oc3ccc(N)cc3)C(Oc3ccc(N)cc3)(c3ccccc3)C=C2)cc1. The molecule has 0 heterocycles. The summed E-state index contributed by atoms with van der Waals surface area (Å²) in [6.07, 6.45) is 5.18. The zero-order valence-corrected chi connectivity index (χ0v) is 19.6. The maximum Gasteiger partial charge on any atom is 0.193 e. The van der Waals surface area contributed by atoms with Crippen LogP contribution in [-0.4, -0.2) is 6.10 Å². The summed E-state index contributed by atoms with van der Waals surface area (Å²) in [5.74, 6) is 2.58. The Labute approximate surface area is 210 Å². The number of hydrogen-bond acceptors (Lipinski definition) is 6. The van der Waals surface area contributed by atoms with E-state index in [1.165, 1.54) is 0 Å². The molecule has 0 saturated heterocycles. The second kappa shape index (κ2) is 9.80. The first-order chi connectivity index (χ1) is 17.5. The van der Waals surface area contributed by atoms with Gasteiger partial charge in [0.1, 0.15) is 23.0 Å². The molecule has 0 saturated carbocycles. The van der Waals surface area contributed by atoms with Gasteiger partial charge in [-0.3, -0.25) is 0 Å². The summed E-state index contributed by atoms with van der Waals surface area (Å²) >= 11 is 0. The molecule has 4 aromatic carbocycles. The summed E-state index contributed by atoms with van der Waals surface area (Å²) in [7, 11) is 0. The van der Waals surface area contributed by atoms with Gasteiger partial charge in [0.15, 0.2) is 11.7 Å². The lowest BCUT2D eigenvalue weighted by Crippen LogP contribution is -2.47. The Hall–Kier alpha value is -4.84. The van der Waals surface area contributed by atoms with Gasteiger partial charge in [0.05, 0.1) is 0 Å². The summed E-state index contributed by atoms with van der Waals surface area (Å²) in [5, 5.41) is 0. The molecule has 180 valence electrons. The molecule has 0 spiro atoms. The second-order valence-corrected chi connectivity index (χ2v) is 8.51. The lowest BCUT2D eigenvalue weighted by atomic mass is 9.84. The fourth-order valence-corrected chi connectivity index (χ4v) is 4.02. The number of allylic oxidation sites excluding steroid dienone is 1. The summed E-state index contributed by atoms with van der Waals surface area (Å²) in [5.41, 5.74) is 19.5. The number of anilines is 3. The molecule has 0 bridgehead atoms. The van der Waals surface area contributed by atoms with Crippen LogP contribution in [-0.2, 0) is 5.60 Å². The Bertz CT molecular complexity index is 1370. The summed E-state index contributed by atoms with van der Waals surface area (Å²) in [6.45, 7) is 0. The highest BCUT2D eigenvalue weighted by Gasteiger charge is 2.44. The first-order valence-electron chi connectivity index (χ1n) is 11.6. The average molecular weight is 478 g/mol. The van der Waals surface area contributed by atoms with Gasteiger partial charge in [-0.1, -0.05) is 30.3 Å². The van der Waals surface area contributed by atoms with Gasteiger partial charge in [-0.2, -0.15) is 0 Å². The van der Waals surface area contributed by atoms with Crippen molar-refractivity contribution in [3.63, 3.8) is 0 Å². The molecule has 0 aromatic heterocycles. The maximum absolute atomic E-state index is 6.70. The number of rotatable bonds is 7. The molecule has 36 heavy (non-hydrogen) atoms. The third-order valence-corrected chi connectivity index (χ3v) is 5.88. The van der Waals surface area contributed by atoms with Gasteiger partial charge < -0.3 is 31.4 Å². The van der Waals surface area contributed by atoms with Crippen LogP contribution < -0.4 is 31.4 Å². The Kier molecular flexibility index (Phi) is 6.24. The number of ether oxygens (including phenoxy) is 3. The van der Waals surface area contributed by atoms with Crippen molar-refractivity contribution in [2.45, 2.75) is 11.7 Å². The van der Waals surface area contributed by atoms with Crippen LogP contribution in [0.1, 0.15) is 5.56 Å². The Morgan fingerprint density at radius 2 is 1.11 bits per heavy atom. The van der Waals surface area contributed by atoms with E-state index in [9.17, 15) is 0 Å². The number of nitrogen functional groups attached to an aromatic ring is 3. The third kappa shape index (κ3) is 4.98. The second-order valence-electron chi connectivity index (χ2n) is 8.51. The van der Waals surface area contributed by atoms with Crippen molar-refractivity contribution >= 4 is 17.1 Å². The highest BCUT2D eigenvalue weighted by molar-refractivity contribution is 5.47. The van der Waals surface area contributed by atoms with Gasteiger partial charge in [-0.15, -0.1) is 0 Å². The van der Waals surface area contributed by atoms with Gasteiger partial charge in [0, 0.05) is 28.7 Å². The quantitative estimate of drug-likeness (QED) is 0.295. The van der Waals surface area contributed by atoms with Crippen LogP contribution in [0.2, 0.25) is 0 Å². The molecule has 0 aliphatic heterocycles. The van der Waals surface area contributed by atoms with E-state index in [0.717, 1.165) is 5.56 Å². The van der Waals surface area contributed by atoms with E-state index >= 15 is 0 Å². The predicted octanol–water partition coefficient (Wildman–Crippen LogP) is 5.69. The average Bonchev–Trinajstić information content (AvgIpc) is 2.90. The number of hydrogen-bond donors (Lipinski definition) is 3. The monoisotopic (exact) mass is 477 g/mol. The van der Waals surface area contributed by atoms with E-state index in [1.54, 1.807) is 24.3 Å². The van der Waals surface area contributed by atoms with Crippen LogP contribution in [0.25, 0.3) is 0 Å². The molecule has 2 unspecified atom stereocenters. The van der Waals surface area contributed by atoms with Gasteiger partial charge >= 0.3 is 0 Å². The van der Waals surface area contributed by atoms with Crippen LogP contribution in [0.3, 0.4) is 0 Å². The van der Waals surface area contributed by atoms with Crippen LogP contribution in [0.15, 0.2) is 127 Å². The Morgan fingerprint density at radius 3 is 1.69 bits per heavy atom. The molecule has 0 radical (unpaired) electrons. The van der Waals surface area contributed by atoms with Crippen molar-refractivity contribution in [3.8, 4) is 17.2 Å². The number of benzene rings is 4. The van der Waals surface area contributed by atoms with E-state index < -0.39 is 11.7 Å². The molecule has 6 N–H and O–H groups in total. The Balaban J connectivity index is 1.57. The highest BCUT2D eigenvalue weighted by Crippen LogP contribution is 2.40. The van der Waals surface area contributed by atoms with Gasteiger partial charge in [0.25, 0.3) is 0 Å². The zero-order chi connectivity index (χ0) is 25.0. The first-order valence-corrected chi connectivity index (χ1v) is 11.6. The highest BCUT2D eigenvalue weighted by atomic mass is 16.6. The van der Waals surface area contributed by atoms with Crippen LogP contribution in [0, 0.1) is 0 Å². The fourth-order valence-electron chi connectivity index (χ4n) is 4.02. The Morgan fingerprint density at radius 1 is 0.583 bits per heavy atom. The molecule has 2 atom stereocenters. The van der Waals surface area contributed by atoms with Crippen LogP contribution in [0.4, 0.5) is 17.1 Å². The van der Waals surface area contributed by atoms with E-state index in [1.807, 2.05) is 97.1 Å². The fraction of sp³-hybridized carbons (Fsp3) is 0.0667. The van der Waals surface area contributed by atoms with Crippen LogP contribution in [0.5, 0.6) is 17.2 Å². The van der Waals surface area contributed by atoms with Crippen molar-refractivity contribution in [2.75, 3.05) is 17.2 Å². The van der Waals surface area contributed by atoms with Crippen LogP contribution >= 0.6 is 0 Å². The molecule has 0 fully saturated rings. The predicted molar refractivity (Wildman–Crippen MR) is 144 cm³/mol. The largest absolute Gasteiger partial charge is 0.481 e. The smallest absolute Gasteiger partial charge is 0.193 e. The maximum atomic E-state index is 6.70. The molecule has 0 amide bonds. The molecule has 6 heteroatoms. The molecule has 5 rings (SSSR count). The molecule has 6 nitrogen and oxygen atoms in total. The van der Waals surface area contributed by atoms with Crippen molar-refractivity contribution in [1.29, 1.82) is 0 Å². The standard InChI is InChI=1S/C30H27N3O3/c31-22-6-12-25(13-7-22)34-28-18-19-30(21-4-2-1-3-5-21,36-27-16-10-24(33)11-17-27)29(20-28)35-26-14-8-23(32)9-15-26/h1-20,29H,31-33H2. The topological polar surface area (TPSA) is 106 Å². The first kappa shape index (κ1) is 22.9. The minimum atomic E-state index is -0.993. The molecule has 1 aliphatic carbocycles. The van der Waals surface area contributed by atoms with E-state index in [-0.39, 0.29) is 0 Å². The van der Waals surface area contributed by atoms with Crippen molar-refractivity contribution < 1.29 is 14.2 Å². The minimum absolute atomic E-state index is 0.588. The molecule has 4 aromatic rings. The number of nitrogens with two attached hydrogens (primary N) is 3. The van der Waals surface area contributed by atoms with Gasteiger partial charge in [-0.05, 0) is 84.9 Å². The van der Waals surface area contributed by atoms with Crippen molar-refractivity contribution in [2.24, 2.45) is 0 Å². The van der Waals surface area contributed by atoms with Gasteiger partial charge in [-0.25, -0.2) is 0 Å². The minimum Gasteiger partial charge on any atom is -0.481 e. The third-order valence-electron chi connectivity index (χ3n) is 5.88. The van der Waals surface area contributed by atoms with E-state index in [0.29, 0.717) is 40.1 Å². The van der Waals surface area contributed by atoms with E-state index in [2.05, 4.69) is 0 Å². The summed E-state index contributed by atoms with van der Waals surface area (Å²) in [6, 6.07) is 31.8. The van der Waals surface area contributed by atoms with Crippen molar-refractivity contribution in [3.05, 3.63) is 133 Å². The molecular formula is C30H27N3O3. The van der Waals surface area contributed by atoms with Crippen molar-refractivity contribution in [1.82, 2.24) is 0 Å². The van der Waals surface area contributed by atoms with E-state index in [4.69, 9.17) is 31.4 Å². The van der Waals surface area contributed by atoms with Gasteiger partial charge in [0.2, 0.25) is 0 Å². The lowest BCUT2D eigenvalue weighted by molar-refractivity contribution is 0.0135. The zero-order valence-electron chi connectivity index (χ0n) is 19.6. The summed E-state index contributed by atoms with van der Waals surface area (Å²) in [4.78, 5) is 0. The summed E-state index contributed by atoms with van der Waals surface area (Å²) < 4.78 is 19.4. The normalized spacial score (nSPS) is 18.8. The molecule has 1 aliphatic rings. The molecular weight excluding hydrogens is 450 g/mol.